The van der Waals surface area contributed by atoms with Gasteiger partial charge in [0.15, 0.2) is 23.2 Å². The largest absolute Gasteiger partial charge is 0.491 e. The molecular weight excluding hydrogens is 405 g/mol. The van der Waals surface area contributed by atoms with Crippen LogP contribution >= 0.6 is 0 Å². The van der Waals surface area contributed by atoms with Gasteiger partial charge in [-0.05, 0) is 6.07 Å². The first-order valence-corrected chi connectivity index (χ1v) is 9.06. The smallest absolute Gasteiger partial charge is 0.254 e. The van der Waals surface area contributed by atoms with Crippen molar-refractivity contribution in [2.75, 3.05) is 57.3 Å². The fourth-order valence-electron chi connectivity index (χ4n) is 2.76. The average molecular weight is 426 g/mol. The van der Waals surface area contributed by atoms with Crippen molar-refractivity contribution in [1.82, 2.24) is 20.3 Å². The summed E-state index contributed by atoms with van der Waals surface area (Å²) in [6.45, 7) is 2.09. The number of aromatic nitrogens is 3. The van der Waals surface area contributed by atoms with Gasteiger partial charge in [-0.1, -0.05) is 0 Å². The first kappa shape index (κ1) is 21.6. The maximum Gasteiger partial charge on any atom is 0.254 e. The van der Waals surface area contributed by atoms with Crippen LogP contribution in [0.15, 0.2) is 6.07 Å². The van der Waals surface area contributed by atoms with E-state index >= 15 is 0 Å². The standard InChI is InChI=1S/C18H21F3N6O3/c1-26(2)17-23-12(24-18(25-17)27-4-6-30-7-5-27)9-22-16(28)10-8-11(19)14(21)15(29-3)13(10)20/h8H,4-7,9H2,1-3H3,(H,22,28). The summed E-state index contributed by atoms with van der Waals surface area (Å²) in [5.74, 6) is -5.13. The minimum Gasteiger partial charge on any atom is -0.491 e. The predicted octanol–water partition coefficient (Wildman–Crippen LogP) is 1.13. The maximum absolute atomic E-state index is 14.3. The van der Waals surface area contributed by atoms with Crippen molar-refractivity contribution < 1.29 is 27.4 Å². The van der Waals surface area contributed by atoms with Crippen LogP contribution in [0.5, 0.6) is 5.75 Å². The molecule has 0 atom stereocenters. The van der Waals surface area contributed by atoms with Crippen molar-refractivity contribution in [3.63, 3.8) is 0 Å². The lowest BCUT2D eigenvalue weighted by Crippen LogP contribution is -2.38. The lowest BCUT2D eigenvalue weighted by molar-refractivity contribution is 0.0944. The Labute approximate surface area is 170 Å². The number of carbonyl (C=O) groups is 1. The van der Waals surface area contributed by atoms with Crippen LogP contribution in [0.1, 0.15) is 16.2 Å². The van der Waals surface area contributed by atoms with Crippen LogP contribution in [0.3, 0.4) is 0 Å². The number of benzene rings is 1. The molecule has 0 spiro atoms. The van der Waals surface area contributed by atoms with Gasteiger partial charge in [0.25, 0.3) is 5.91 Å². The number of morpholine rings is 1. The number of anilines is 2. The Morgan fingerprint density at radius 1 is 1.20 bits per heavy atom. The third kappa shape index (κ3) is 4.53. The zero-order valence-electron chi connectivity index (χ0n) is 16.7. The Kier molecular flexibility index (Phi) is 6.55. The molecule has 0 aliphatic carbocycles. The fourth-order valence-corrected chi connectivity index (χ4v) is 2.76. The predicted molar refractivity (Wildman–Crippen MR) is 101 cm³/mol. The Balaban J connectivity index is 1.82. The second kappa shape index (κ2) is 9.11. The Hall–Kier alpha value is -3.15. The highest BCUT2D eigenvalue weighted by molar-refractivity contribution is 5.94. The van der Waals surface area contributed by atoms with Gasteiger partial charge in [0, 0.05) is 27.2 Å². The van der Waals surface area contributed by atoms with Crippen LogP contribution < -0.4 is 19.9 Å². The van der Waals surface area contributed by atoms with Crippen molar-refractivity contribution in [1.29, 1.82) is 0 Å². The van der Waals surface area contributed by atoms with Crippen molar-refractivity contribution in [2.45, 2.75) is 6.54 Å². The molecule has 162 valence electrons. The molecule has 2 aromatic rings. The summed E-state index contributed by atoms with van der Waals surface area (Å²) in [6.07, 6.45) is 0. The Morgan fingerprint density at radius 3 is 2.53 bits per heavy atom. The molecule has 1 aromatic heterocycles. The maximum atomic E-state index is 14.3. The van der Waals surface area contributed by atoms with E-state index in [1.54, 1.807) is 19.0 Å². The van der Waals surface area contributed by atoms with E-state index in [-0.39, 0.29) is 12.4 Å². The van der Waals surface area contributed by atoms with Gasteiger partial charge in [0.1, 0.15) is 0 Å². The summed E-state index contributed by atoms with van der Waals surface area (Å²) in [7, 11) is 4.48. The van der Waals surface area contributed by atoms with Crippen molar-refractivity contribution in [2.24, 2.45) is 0 Å². The third-order valence-corrected chi connectivity index (χ3v) is 4.32. The number of rotatable bonds is 6. The molecule has 1 aliphatic rings. The Morgan fingerprint density at radius 2 is 1.90 bits per heavy atom. The zero-order chi connectivity index (χ0) is 21.8. The molecule has 2 heterocycles. The second-order valence-corrected chi connectivity index (χ2v) is 6.60. The monoisotopic (exact) mass is 426 g/mol. The summed E-state index contributed by atoms with van der Waals surface area (Å²) >= 11 is 0. The van der Waals surface area contributed by atoms with Gasteiger partial charge in [0.2, 0.25) is 17.7 Å². The van der Waals surface area contributed by atoms with Gasteiger partial charge in [0.05, 0.1) is 32.4 Å². The van der Waals surface area contributed by atoms with Crippen LogP contribution in [0, 0.1) is 17.5 Å². The first-order chi connectivity index (χ1) is 14.3. The highest BCUT2D eigenvalue weighted by atomic mass is 19.2. The number of amides is 1. The molecule has 1 amide bonds. The topological polar surface area (TPSA) is 92.7 Å². The molecule has 12 heteroatoms. The number of hydrogen-bond acceptors (Lipinski definition) is 8. The van der Waals surface area contributed by atoms with Crippen LogP contribution in [0.2, 0.25) is 0 Å². The molecule has 9 nitrogen and oxygen atoms in total. The molecule has 0 unspecified atom stereocenters. The van der Waals surface area contributed by atoms with E-state index < -0.39 is 34.7 Å². The van der Waals surface area contributed by atoms with Crippen LogP contribution in [-0.2, 0) is 11.3 Å². The van der Waals surface area contributed by atoms with E-state index in [9.17, 15) is 18.0 Å². The van der Waals surface area contributed by atoms with Gasteiger partial charge in [-0.2, -0.15) is 19.3 Å². The summed E-state index contributed by atoms with van der Waals surface area (Å²) in [6, 6.07) is 0.473. The highest BCUT2D eigenvalue weighted by Crippen LogP contribution is 2.27. The number of nitrogens with one attached hydrogen (secondary N) is 1. The average Bonchev–Trinajstić information content (AvgIpc) is 2.75. The molecular formula is C18H21F3N6O3. The third-order valence-electron chi connectivity index (χ3n) is 4.32. The number of halogens is 3. The molecule has 3 rings (SSSR count). The first-order valence-electron chi connectivity index (χ1n) is 9.06. The normalized spacial score (nSPS) is 13.9. The molecule has 0 saturated carbocycles. The molecule has 0 bridgehead atoms. The molecule has 1 aliphatic heterocycles. The minimum absolute atomic E-state index is 0.180. The van der Waals surface area contributed by atoms with E-state index in [0.717, 1.165) is 7.11 Å². The second-order valence-electron chi connectivity index (χ2n) is 6.60. The summed E-state index contributed by atoms with van der Waals surface area (Å²) < 4.78 is 51.4. The van der Waals surface area contributed by atoms with Gasteiger partial charge in [-0.25, -0.2) is 8.78 Å². The number of hydrogen-bond donors (Lipinski definition) is 1. The van der Waals surface area contributed by atoms with Crippen molar-refractivity contribution >= 4 is 17.8 Å². The van der Waals surface area contributed by atoms with E-state index in [2.05, 4.69) is 25.0 Å². The van der Waals surface area contributed by atoms with Crippen molar-refractivity contribution in [3.8, 4) is 5.75 Å². The SMILES string of the molecule is COc1c(F)c(F)cc(C(=O)NCc2nc(N(C)C)nc(N3CCOCC3)n2)c1F. The zero-order valence-corrected chi connectivity index (χ0v) is 16.7. The highest BCUT2D eigenvalue weighted by Gasteiger charge is 2.24. The number of nitrogens with zero attached hydrogens (tertiary/aromatic N) is 5. The molecule has 1 N–H and O–H groups in total. The summed E-state index contributed by atoms with van der Waals surface area (Å²) in [5.41, 5.74) is -0.693. The number of methoxy groups -OCH3 is 1. The Bertz CT molecular complexity index is 938. The molecule has 1 aromatic carbocycles. The van der Waals surface area contributed by atoms with E-state index in [1.165, 1.54) is 0 Å². The van der Waals surface area contributed by atoms with E-state index in [4.69, 9.17) is 4.74 Å². The molecule has 1 fully saturated rings. The molecule has 30 heavy (non-hydrogen) atoms. The summed E-state index contributed by atoms with van der Waals surface area (Å²) in [5, 5.41) is 2.41. The lowest BCUT2D eigenvalue weighted by atomic mass is 10.1. The number of carbonyl (C=O) groups excluding carboxylic acids is 1. The van der Waals surface area contributed by atoms with E-state index in [1.807, 2.05) is 4.90 Å². The quantitative estimate of drug-likeness (QED) is 0.688. The fraction of sp³-hybridized carbons (Fsp3) is 0.444. The van der Waals surface area contributed by atoms with Gasteiger partial charge < -0.3 is 24.6 Å². The molecule has 1 saturated heterocycles. The minimum atomic E-state index is -1.50. The van der Waals surface area contributed by atoms with Gasteiger partial charge in [-0.3, -0.25) is 4.79 Å². The van der Waals surface area contributed by atoms with Crippen LogP contribution in [0.25, 0.3) is 0 Å². The van der Waals surface area contributed by atoms with Gasteiger partial charge >= 0.3 is 0 Å². The molecule has 0 radical (unpaired) electrons. The van der Waals surface area contributed by atoms with Crippen molar-refractivity contribution in [3.05, 3.63) is 34.9 Å². The summed E-state index contributed by atoms with van der Waals surface area (Å²) in [4.78, 5) is 29.0. The van der Waals surface area contributed by atoms with E-state index in [0.29, 0.717) is 44.3 Å². The number of ether oxygens (including phenoxy) is 2. The van der Waals surface area contributed by atoms with Gasteiger partial charge in [-0.15, -0.1) is 0 Å². The van der Waals surface area contributed by atoms with Crippen LogP contribution in [-0.4, -0.2) is 68.4 Å². The lowest BCUT2D eigenvalue weighted by Gasteiger charge is -2.27. The van der Waals surface area contributed by atoms with Crippen LogP contribution in [0.4, 0.5) is 25.1 Å².